The zero-order valence-electron chi connectivity index (χ0n) is 12.2. The lowest BCUT2D eigenvalue weighted by Gasteiger charge is -2.21. The molecule has 0 aliphatic carbocycles. The Kier molecular flexibility index (Phi) is 7.57. The second kappa shape index (κ2) is 7.83. The first-order valence-electron chi connectivity index (χ1n) is 6.11. The van der Waals surface area contributed by atoms with Gasteiger partial charge in [-0.15, -0.1) is 12.4 Å². The SMILES string of the molecule is CCOc1cc(CNC(C)(C)C)cc(Cl)c1OC.Cl. The molecule has 19 heavy (non-hydrogen) atoms. The number of benzene rings is 1. The fourth-order valence-electron chi connectivity index (χ4n) is 1.55. The molecule has 0 unspecified atom stereocenters. The third kappa shape index (κ3) is 5.89. The minimum absolute atomic E-state index is 0. The van der Waals surface area contributed by atoms with E-state index in [0.29, 0.717) is 23.1 Å². The highest BCUT2D eigenvalue weighted by Gasteiger charge is 2.13. The van der Waals surface area contributed by atoms with Crippen molar-refractivity contribution in [2.75, 3.05) is 13.7 Å². The Morgan fingerprint density at radius 3 is 2.37 bits per heavy atom. The molecule has 110 valence electrons. The van der Waals surface area contributed by atoms with E-state index in [-0.39, 0.29) is 17.9 Å². The van der Waals surface area contributed by atoms with Gasteiger partial charge in [0.2, 0.25) is 0 Å². The van der Waals surface area contributed by atoms with E-state index in [1.54, 1.807) is 7.11 Å². The average molecular weight is 308 g/mol. The maximum absolute atomic E-state index is 6.19. The van der Waals surface area contributed by atoms with Gasteiger partial charge in [-0.25, -0.2) is 0 Å². The van der Waals surface area contributed by atoms with Gasteiger partial charge in [0.1, 0.15) is 0 Å². The predicted octanol–water partition coefficient (Wildman–Crippen LogP) is 4.06. The van der Waals surface area contributed by atoms with E-state index in [2.05, 4.69) is 26.1 Å². The highest BCUT2D eigenvalue weighted by Crippen LogP contribution is 2.36. The lowest BCUT2D eigenvalue weighted by molar-refractivity contribution is 0.310. The summed E-state index contributed by atoms with van der Waals surface area (Å²) in [6.45, 7) is 9.65. The number of methoxy groups -OCH3 is 1. The summed E-state index contributed by atoms with van der Waals surface area (Å²) < 4.78 is 10.8. The van der Waals surface area contributed by atoms with Gasteiger partial charge in [0, 0.05) is 12.1 Å². The molecule has 1 N–H and O–H groups in total. The smallest absolute Gasteiger partial charge is 0.179 e. The summed E-state index contributed by atoms with van der Waals surface area (Å²) in [5.74, 6) is 1.29. The van der Waals surface area contributed by atoms with Gasteiger partial charge < -0.3 is 14.8 Å². The van der Waals surface area contributed by atoms with Crippen LogP contribution >= 0.6 is 24.0 Å². The van der Waals surface area contributed by atoms with Crippen LogP contribution in [0.1, 0.15) is 33.3 Å². The van der Waals surface area contributed by atoms with Gasteiger partial charge in [-0.05, 0) is 45.4 Å². The molecule has 0 aromatic heterocycles. The quantitative estimate of drug-likeness (QED) is 0.890. The highest BCUT2D eigenvalue weighted by atomic mass is 35.5. The standard InChI is InChI=1S/C14H22ClNO2.ClH/c1-6-18-12-8-10(9-16-14(2,3)4)7-11(15)13(12)17-5;/h7-8,16H,6,9H2,1-5H3;1H. The first-order chi connectivity index (χ1) is 8.37. The maximum atomic E-state index is 6.19. The molecule has 1 aromatic carbocycles. The summed E-state index contributed by atoms with van der Waals surface area (Å²) in [5, 5.41) is 4.00. The summed E-state index contributed by atoms with van der Waals surface area (Å²) in [7, 11) is 1.59. The third-order valence-corrected chi connectivity index (χ3v) is 2.68. The summed E-state index contributed by atoms with van der Waals surface area (Å²) in [5.41, 5.74) is 1.15. The zero-order chi connectivity index (χ0) is 13.8. The van der Waals surface area contributed by atoms with Gasteiger partial charge in [-0.2, -0.15) is 0 Å². The Hall–Kier alpha value is -0.640. The van der Waals surface area contributed by atoms with E-state index in [9.17, 15) is 0 Å². The molecule has 0 aliphatic rings. The van der Waals surface area contributed by atoms with E-state index in [4.69, 9.17) is 21.1 Å². The Morgan fingerprint density at radius 1 is 1.26 bits per heavy atom. The first kappa shape index (κ1) is 18.4. The lowest BCUT2D eigenvalue weighted by atomic mass is 10.1. The molecule has 1 aromatic rings. The van der Waals surface area contributed by atoms with Gasteiger partial charge in [0.15, 0.2) is 11.5 Å². The maximum Gasteiger partial charge on any atom is 0.179 e. The summed E-state index contributed by atoms with van der Waals surface area (Å²) in [6, 6.07) is 3.87. The van der Waals surface area contributed by atoms with Crippen molar-refractivity contribution in [1.82, 2.24) is 5.32 Å². The Balaban J connectivity index is 0.00000324. The van der Waals surface area contributed by atoms with E-state index < -0.39 is 0 Å². The van der Waals surface area contributed by atoms with Gasteiger partial charge in [-0.1, -0.05) is 11.6 Å². The number of hydrogen-bond acceptors (Lipinski definition) is 3. The highest BCUT2D eigenvalue weighted by molar-refractivity contribution is 6.32. The molecule has 0 aliphatic heterocycles. The van der Waals surface area contributed by atoms with Gasteiger partial charge in [0.25, 0.3) is 0 Å². The number of halogens is 2. The molecule has 0 atom stereocenters. The Morgan fingerprint density at radius 2 is 1.89 bits per heavy atom. The normalized spacial score (nSPS) is 10.8. The monoisotopic (exact) mass is 307 g/mol. The lowest BCUT2D eigenvalue weighted by Crippen LogP contribution is -2.35. The zero-order valence-corrected chi connectivity index (χ0v) is 13.7. The number of hydrogen-bond donors (Lipinski definition) is 1. The van der Waals surface area contributed by atoms with Gasteiger partial charge >= 0.3 is 0 Å². The molecule has 3 nitrogen and oxygen atoms in total. The molecule has 5 heteroatoms. The van der Waals surface area contributed by atoms with E-state index in [1.807, 2.05) is 19.1 Å². The Bertz CT molecular complexity index is 403. The van der Waals surface area contributed by atoms with E-state index in [0.717, 1.165) is 12.1 Å². The van der Waals surface area contributed by atoms with Crippen LogP contribution in [0.2, 0.25) is 5.02 Å². The summed E-state index contributed by atoms with van der Waals surface area (Å²) in [4.78, 5) is 0. The molecule has 0 spiro atoms. The number of ether oxygens (including phenoxy) is 2. The molecule has 0 saturated carbocycles. The molecule has 0 saturated heterocycles. The topological polar surface area (TPSA) is 30.5 Å². The molecule has 0 radical (unpaired) electrons. The van der Waals surface area contributed by atoms with Crippen LogP contribution in [0.3, 0.4) is 0 Å². The van der Waals surface area contributed by atoms with Crippen LogP contribution in [-0.4, -0.2) is 19.3 Å². The number of rotatable bonds is 5. The van der Waals surface area contributed by atoms with Crippen molar-refractivity contribution in [3.8, 4) is 11.5 Å². The van der Waals surface area contributed by atoms with Crippen LogP contribution in [0.15, 0.2) is 12.1 Å². The van der Waals surface area contributed by atoms with Crippen molar-refractivity contribution >= 4 is 24.0 Å². The average Bonchev–Trinajstić information content (AvgIpc) is 2.26. The molecule has 0 heterocycles. The molecule has 0 bridgehead atoms. The number of nitrogens with one attached hydrogen (secondary N) is 1. The van der Waals surface area contributed by atoms with Crippen molar-refractivity contribution in [2.45, 2.75) is 39.8 Å². The first-order valence-corrected chi connectivity index (χ1v) is 6.49. The van der Waals surface area contributed by atoms with Crippen molar-refractivity contribution in [3.63, 3.8) is 0 Å². The van der Waals surface area contributed by atoms with E-state index >= 15 is 0 Å². The minimum atomic E-state index is 0. The van der Waals surface area contributed by atoms with Gasteiger partial charge in [0.05, 0.1) is 18.7 Å². The van der Waals surface area contributed by atoms with Crippen LogP contribution in [0.5, 0.6) is 11.5 Å². The molecule has 1 rings (SSSR count). The van der Waals surface area contributed by atoms with Crippen molar-refractivity contribution in [2.24, 2.45) is 0 Å². The molecule has 0 amide bonds. The molecule has 0 fully saturated rings. The predicted molar refractivity (Wildman–Crippen MR) is 83.0 cm³/mol. The van der Waals surface area contributed by atoms with Crippen LogP contribution in [0.25, 0.3) is 0 Å². The van der Waals surface area contributed by atoms with Crippen LogP contribution in [0.4, 0.5) is 0 Å². The minimum Gasteiger partial charge on any atom is -0.491 e. The fraction of sp³-hybridized carbons (Fsp3) is 0.571. The van der Waals surface area contributed by atoms with Crippen molar-refractivity contribution in [3.05, 3.63) is 22.7 Å². The van der Waals surface area contributed by atoms with Crippen LogP contribution in [0, 0.1) is 0 Å². The molecular weight excluding hydrogens is 285 g/mol. The second-order valence-electron chi connectivity index (χ2n) is 5.15. The van der Waals surface area contributed by atoms with Crippen LogP contribution in [-0.2, 0) is 6.54 Å². The van der Waals surface area contributed by atoms with Crippen LogP contribution < -0.4 is 14.8 Å². The largest absolute Gasteiger partial charge is 0.491 e. The summed E-state index contributed by atoms with van der Waals surface area (Å²) >= 11 is 6.19. The van der Waals surface area contributed by atoms with Gasteiger partial charge in [-0.3, -0.25) is 0 Å². The fourth-order valence-corrected chi connectivity index (χ4v) is 1.86. The summed E-state index contributed by atoms with van der Waals surface area (Å²) in [6.07, 6.45) is 0. The second-order valence-corrected chi connectivity index (χ2v) is 5.55. The molecular formula is C14H23Cl2NO2. The van der Waals surface area contributed by atoms with Crippen molar-refractivity contribution < 1.29 is 9.47 Å². The van der Waals surface area contributed by atoms with Crippen molar-refractivity contribution in [1.29, 1.82) is 0 Å². The Labute approximate surface area is 127 Å². The third-order valence-electron chi connectivity index (χ3n) is 2.40. The van der Waals surface area contributed by atoms with E-state index in [1.165, 1.54) is 0 Å².